The summed E-state index contributed by atoms with van der Waals surface area (Å²) in [5.41, 5.74) is 4.32. The molecule has 7 nitrogen and oxygen atoms in total. The molecular formula is C24H23N3O4S. The summed E-state index contributed by atoms with van der Waals surface area (Å²) in [4.78, 5) is 13.4. The summed E-state index contributed by atoms with van der Waals surface area (Å²) in [7, 11) is -3.83. The minimum atomic E-state index is -3.83. The van der Waals surface area contributed by atoms with Crippen LogP contribution in [-0.2, 0) is 10.0 Å². The van der Waals surface area contributed by atoms with Gasteiger partial charge in [-0.1, -0.05) is 36.4 Å². The Balaban J connectivity index is 1.57. The van der Waals surface area contributed by atoms with Gasteiger partial charge in [-0.05, 0) is 53.5 Å². The van der Waals surface area contributed by atoms with Crippen LogP contribution in [0.5, 0.6) is 0 Å². The van der Waals surface area contributed by atoms with Gasteiger partial charge in [-0.3, -0.25) is 10.1 Å². The Labute approximate surface area is 186 Å². The average molecular weight is 450 g/mol. The molecule has 5 atom stereocenters. The number of non-ortho nitro benzene ring substituents is 1. The summed E-state index contributed by atoms with van der Waals surface area (Å²) >= 11 is 0. The number of sulfonamides is 1. The number of nitro benzene ring substituents is 1. The van der Waals surface area contributed by atoms with Crippen molar-refractivity contribution in [2.24, 2.45) is 17.0 Å². The van der Waals surface area contributed by atoms with Crippen LogP contribution in [0.1, 0.15) is 47.4 Å². The summed E-state index contributed by atoms with van der Waals surface area (Å²) in [5, 5.41) is 16.7. The van der Waals surface area contributed by atoms with E-state index in [0.29, 0.717) is 5.92 Å². The zero-order valence-electron chi connectivity index (χ0n) is 17.3. The van der Waals surface area contributed by atoms with Crippen molar-refractivity contribution in [3.63, 3.8) is 0 Å². The fourth-order valence-corrected chi connectivity index (χ4v) is 6.87. The van der Waals surface area contributed by atoms with E-state index in [1.807, 2.05) is 12.1 Å². The summed E-state index contributed by atoms with van der Waals surface area (Å²) < 4.78 is 24.6. The molecule has 0 saturated heterocycles. The van der Waals surface area contributed by atoms with Gasteiger partial charge in [0, 0.05) is 36.2 Å². The van der Waals surface area contributed by atoms with Crippen molar-refractivity contribution >= 4 is 21.4 Å². The number of nitrogens with two attached hydrogens (primary N) is 1. The van der Waals surface area contributed by atoms with Crippen LogP contribution in [0.15, 0.2) is 65.6 Å². The highest BCUT2D eigenvalue weighted by Gasteiger charge is 2.48. The van der Waals surface area contributed by atoms with Crippen LogP contribution in [0.4, 0.5) is 11.4 Å². The molecule has 6 rings (SSSR count). The number of nitrogens with zero attached hydrogens (tertiary/aromatic N) is 2. The van der Waals surface area contributed by atoms with Gasteiger partial charge < -0.3 is 4.90 Å². The van der Waals surface area contributed by atoms with Gasteiger partial charge in [-0.25, -0.2) is 13.6 Å². The van der Waals surface area contributed by atoms with Gasteiger partial charge >= 0.3 is 0 Å². The van der Waals surface area contributed by atoms with Gasteiger partial charge in [-0.2, -0.15) is 0 Å². The second kappa shape index (κ2) is 6.76. The number of nitro groups is 1. The lowest BCUT2D eigenvalue weighted by Crippen LogP contribution is -2.46. The molecule has 0 unspecified atom stereocenters. The van der Waals surface area contributed by atoms with Gasteiger partial charge in [0.05, 0.1) is 15.9 Å². The maximum absolute atomic E-state index is 12.3. The molecule has 164 valence electrons. The Morgan fingerprint density at radius 2 is 1.66 bits per heavy atom. The fourth-order valence-electron chi connectivity index (χ4n) is 6.28. The quantitative estimate of drug-likeness (QED) is 0.431. The van der Waals surface area contributed by atoms with E-state index >= 15 is 0 Å². The molecule has 2 aromatic carbocycles. The van der Waals surface area contributed by atoms with Crippen LogP contribution in [0.25, 0.3) is 0 Å². The SMILES string of the molecule is NS(=O)(=O)c1cc2c3c(c1)[C@@H]1C=CC[C@@H]1[C@H](c1ccc([N+](=O)[O-])cc1)N3C[C@@H]1CC=C[C@@H]21. The third-order valence-corrected chi connectivity index (χ3v) is 8.49. The molecule has 2 aromatic rings. The van der Waals surface area contributed by atoms with Crippen LogP contribution in [0.3, 0.4) is 0 Å². The van der Waals surface area contributed by atoms with E-state index in [1.54, 1.807) is 24.3 Å². The van der Waals surface area contributed by atoms with Crippen molar-refractivity contribution in [1.82, 2.24) is 0 Å². The van der Waals surface area contributed by atoms with Crippen molar-refractivity contribution in [3.05, 3.63) is 87.5 Å². The lowest BCUT2D eigenvalue weighted by Gasteiger charge is -2.51. The number of benzene rings is 2. The van der Waals surface area contributed by atoms with E-state index in [2.05, 4.69) is 29.2 Å². The normalized spacial score (nSPS) is 29.5. The van der Waals surface area contributed by atoms with E-state index in [4.69, 9.17) is 5.14 Å². The average Bonchev–Trinajstić information content (AvgIpc) is 3.43. The monoisotopic (exact) mass is 449 g/mol. The third kappa shape index (κ3) is 2.79. The van der Waals surface area contributed by atoms with E-state index in [-0.39, 0.29) is 39.3 Å². The van der Waals surface area contributed by atoms with Crippen LogP contribution in [0, 0.1) is 22.0 Å². The highest BCUT2D eigenvalue weighted by molar-refractivity contribution is 7.89. The minimum Gasteiger partial charge on any atom is -0.363 e. The minimum absolute atomic E-state index is 0.0731. The molecule has 0 bridgehead atoms. The molecule has 2 aliphatic heterocycles. The van der Waals surface area contributed by atoms with Crippen LogP contribution < -0.4 is 10.0 Å². The molecule has 2 N–H and O–H groups in total. The number of fused-ring (bicyclic) bond motifs is 4. The zero-order chi connectivity index (χ0) is 22.2. The first-order valence-electron chi connectivity index (χ1n) is 10.9. The van der Waals surface area contributed by atoms with E-state index < -0.39 is 10.0 Å². The van der Waals surface area contributed by atoms with Crippen molar-refractivity contribution in [2.45, 2.75) is 35.6 Å². The molecule has 0 fully saturated rings. The molecule has 2 aliphatic carbocycles. The summed E-state index contributed by atoms with van der Waals surface area (Å²) in [6, 6.07) is 10.5. The highest BCUT2D eigenvalue weighted by Crippen LogP contribution is 2.59. The second-order valence-corrected chi connectivity index (χ2v) is 10.8. The zero-order valence-corrected chi connectivity index (χ0v) is 18.1. The second-order valence-electron chi connectivity index (χ2n) is 9.24. The Kier molecular flexibility index (Phi) is 4.16. The topological polar surface area (TPSA) is 107 Å². The van der Waals surface area contributed by atoms with Crippen molar-refractivity contribution in [2.75, 3.05) is 11.4 Å². The largest absolute Gasteiger partial charge is 0.363 e. The predicted molar refractivity (Wildman–Crippen MR) is 121 cm³/mol. The van der Waals surface area contributed by atoms with Gasteiger partial charge in [0.25, 0.3) is 5.69 Å². The van der Waals surface area contributed by atoms with Crippen molar-refractivity contribution in [1.29, 1.82) is 0 Å². The number of hydrogen-bond donors (Lipinski definition) is 1. The van der Waals surface area contributed by atoms with Crippen molar-refractivity contribution in [3.8, 4) is 0 Å². The maximum Gasteiger partial charge on any atom is 0.269 e. The number of allylic oxidation sites excluding steroid dienone is 4. The Morgan fingerprint density at radius 1 is 1.00 bits per heavy atom. The third-order valence-electron chi connectivity index (χ3n) is 7.60. The van der Waals surface area contributed by atoms with E-state index in [0.717, 1.165) is 41.8 Å². The molecular weight excluding hydrogens is 426 g/mol. The standard InChI is InChI=1S/C24H23N3O4S/c25-32(30,31)17-11-21-18-4-1-3-15(18)13-26-23(14-7-9-16(10-8-14)27(28)29)20-6-2-5-19(20)22(12-17)24(21)26/h1-2,4-5,7-12,15,18-20,23H,3,6,13H2,(H2,25,30,31)/t15-,18+,19+,20-,23-/m0/s1. The Bertz CT molecular complexity index is 1280. The van der Waals surface area contributed by atoms with Gasteiger partial charge in [0.15, 0.2) is 0 Å². The number of primary sulfonamides is 1. The molecule has 8 heteroatoms. The molecule has 0 saturated carbocycles. The van der Waals surface area contributed by atoms with Gasteiger partial charge in [-0.15, -0.1) is 0 Å². The lowest BCUT2D eigenvalue weighted by molar-refractivity contribution is -0.384. The predicted octanol–water partition coefficient (Wildman–Crippen LogP) is 4.14. The molecule has 4 aliphatic rings. The van der Waals surface area contributed by atoms with Crippen LogP contribution in [-0.4, -0.2) is 19.9 Å². The molecule has 0 spiro atoms. The summed E-state index contributed by atoms with van der Waals surface area (Å²) in [5.74, 6) is 0.876. The van der Waals surface area contributed by atoms with Crippen LogP contribution >= 0.6 is 0 Å². The van der Waals surface area contributed by atoms with E-state index in [1.165, 1.54) is 0 Å². The molecule has 2 heterocycles. The van der Waals surface area contributed by atoms with Crippen molar-refractivity contribution < 1.29 is 13.3 Å². The van der Waals surface area contributed by atoms with E-state index in [9.17, 15) is 18.5 Å². The molecule has 0 amide bonds. The highest BCUT2D eigenvalue weighted by atomic mass is 32.2. The van der Waals surface area contributed by atoms with Crippen LogP contribution in [0.2, 0.25) is 0 Å². The smallest absolute Gasteiger partial charge is 0.269 e. The number of rotatable bonds is 3. The first-order valence-corrected chi connectivity index (χ1v) is 12.4. The lowest BCUT2D eigenvalue weighted by atomic mass is 9.70. The Morgan fingerprint density at radius 3 is 2.34 bits per heavy atom. The Hall–Kier alpha value is -2.97. The maximum atomic E-state index is 12.3. The first kappa shape index (κ1) is 19.7. The first-order chi connectivity index (χ1) is 15.3. The number of hydrogen-bond acceptors (Lipinski definition) is 5. The number of anilines is 1. The molecule has 0 radical (unpaired) electrons. The summed E-state index contributed by atoms with van der Waals surface area (Å²) in [6.45, 7) is 0.872. The summed E-state index contributed by atoms with van der Waals surface area (Å²) in [6.07, 6.45) is 10.6. The van der Waals surface area contributed by atoms with Gasteiger partial charge in [0.1, 0.15) is 0 Å². The molecule has 0 aromatic heterocycles. The fraction of sp³-hybridized carbons (Fsp3) is 0.333. The molecule has 32 heavy (non-hydrogen) atoms. The van der Waals surface area contributed by atoms with Gasteiger partial charge in [0.2, 0.25) is 10.0 Å².